The van der Waals surface area contributed by atoms with E-state index in [0.717, 1.165) is 12.0 Å². The van der Waals surface area contributed by atoms with E-state index >= 15 is 0 Å². The minimum atomic E-state index is 0.719. The lowest BCUT2D eigenvalue weighted by Gasteiger charge is -2.27. The molecule has 1 heterocycles. The second-order valence-corrected chi connectivity index (χ2v) is 4.65. The molecular weight excluding hydrogens is 174 g/mol. The van der Waals surface area contributed by atoms with E-state index in [-0.39, 0.29) is 0 Å². The zero-order chi connectivity index (χ0) is 9.54. The predicted octanol–water partition coefficient (Wildman–Crippen LogP) is 2.26. The molecule has 0 atom stereocenters. The third kappa shape index (κ3) is 1.41. The van der Waals surface area contributed by atoms with Gasteiger partial charge in [0, 0.05) is 25.2 Å². The minimum Gasteiger partial charge on any atom is -0.380 e. The van der Waals surface area contributed by atoms with Crippen LogP contribution < -0.4 is 5.32 Å². The second kappa shape index (κ2) is 3.01. The fourth-order valence-electron chi connectivity index (χ4n) is 2.05. The molecule has 0 radical (unpaired) electrons. The highest BCUT2D eigenvalue weighted by Crippen LogP contribution is 2.43. The number of hydrogen-bond donors (Lipinski definition) is 1. The number of nitrogens with zero attached hydrogens (tertiary/aromatic N) is 2. The second-order valence-electron chi connectivity index (χ2n) is 4.65. The van der Waals surface area contributed by atoms with E-state index in [9.17, 15) is 0 Å². The summed E-state index contributed by atoms with van der Waals surface area (Å²) in [6.45, 7) is 0. The Bertz CT molecular complexity index is 334. The molecule has 0 unspecified atom stereocenters. The maximum absolute atomic E-state index is 4.54. The van der Waals surface area contributed by atoms with Crippen LogP contribution in [0.2, 0.25) is 0 Å². The summed E-state index contributed by atoms with van der Waals surface area (Å²) in [6.07, 6.45) is 8.84. The Morgan fingerprint density at radius 2 is 2.14 bits per heavy atom. The van der Waals surface area contributed by atoms with Crippen LogP contribution in [0, 0.1) is 0 Å². The van der Waals surface area contributed by atoms with Crippen molar-refractivity contribution in [2.45, 2.75) is 44.1 Å². The van der Waals surface area contributed by atoms with E-state index in [1.807, 2.05) is 11.7 Å². The molecule has 0 amide bonds. The zero-order valence-corrected chi connectivity index (χ0v) is 8.66. The Morgan fingerprint density at radius 3 is 2.71 bits per heavy atom. The average molecular weight is 191 g/mol. The highest BCUT2D eigenvalue weighted by Gasteiger charge is 2.30. The van der Waals surface area contributed by atoms with Crippen LogP contribution in [0.25, 0.3) is 0 Å². The van der Waals surface area contributed by atoms with Gasteiger partial charge in [0.15, 0.2) is 0 Å². The van der Waals surface area contributed by atoms with Gasteiger partial charge in [0.1, 0.15) is 0 Å². The average Bonchev–Trinajstić information content (AvgIpc) is 2.84. The van der Waals surface area contributed by atoms with Gasteiger partial charge in [-0.3, -0.25) is 4.68 Å². The Labute approximate surface area is 84.5 Å². The molecule has 0 bridgehead atoms. The summed E-state index contributed by atoms with van der Waals surface area (Å²) in [7, 11) is 2.01. The molecule has 3 rings (SSSR count). The number of nitrogens with one attached hydrogen (secondary N) is 1. The molecule has 1 N–H and O–H groups in total. The zero-order valence-electron chi connectivity index (χ0n) is 8.66. The van der Waals surface area contributed by atoms with Gasteiger partial charge >= 0.3 is 0 Å². The summed E-state index contributed by atoms with van der Waals surface area (Å²) in [5.74, 6) is 0.749. The topological polar surface area (TPSA) is 29.9 Å². The van der Waals surface area contributed by atoms with Crippen molar-refractivity contribution < 1.29 is 0 Å². The molecule has 76 valence electrons. The van der Waals surface area contributed by atoms with Crippen molar-refractivity contribution in [3.63, 3.8) is 0 Å². The van der Waals surface area contributed by atoms with Crippen LogP contribution in [0.1, 0.15) is 43.7 Å². The number of aromatic nitrogens is 2. The Kier molecular flexibility index (Phi) is 1.79. The third-order valence-electron chi connectivity index (χ3n) is 3.29. The Hall–Kier alpha value is -0.990. The molecule has 0 saturated heterocycles. The fourth-order valence-corrected chi connectivity index (χ4v) is 2.05. The van der Waals surface area contributed by atoms with Crippen LogP contribution in [-0.2, 0) is 7.05 Å². The quantitative estimate of drug-likeness (QED) is 0.794. The summed E-state index contributed by atoms with van der Waals surface area (Å²) in [4.78, 5) is 0. The normalized spacial score (nSPS) is 22.1. The SMILES string of the molecule is Cn1cc(NC2CCC2)c(C2CC2)n1. The molecule has 0 aromatic carbocycles. The van der Waals surface area contributed by atoms with Gasteiger partial charge < -0.3 is 5.32 Å². The van der Waals surface area contributed by atoms with Crippen LogP contribution in [0.4, 0.5) is 5.69 Å². The van der Waals surface area contributed by atoms with Gasteiger partial charge in [0.25, 0.3) is 0 Å². The van der Waals surface area contributed by atoms with E-state index in [1.165, 1.54) is 43.5 Å². The lowest BCUT2D eigenvalue weighted by atomic mass is 9.93. The first-order valence-electron chi connectivity index (χ1n) is 5.63. The molecular formula is C11H17N3. The van der Waals surface area contributed by atoms with Crippen LogP contribution >= 0.6 is 0 Å². The maximum atomic E-state index is 4.54. The monoisotopic (exact) mass is 191 g/mol. The smallest absolute Gasteiger partial charge is 0.0886 e. The summed E-state index contributed by atoms with van der Waals surface area (Å²) < 4.78 is 1.94. The standard InChI is InChI=1S/C11H17N3/c1-14-7-10(12-9-3-2-4-9)11(13-14)8-5-6-8/h7-9,12H,2-6H2,1H3. The Balaban J connectivity index is 1.79. The summed E-state index contributed by atoms with van der Waals surface area (Å²) in [6, 6.07) is 0.719. The molecule has 2 fully saturated rings. The molecule has 2 aliphatic carbocycles. The highest BCUT2D eigenvalue weighted by molar-refractivity contribution is 5.50. The van der Waals surface area contributed by atoms with E-state index in [4.69, 9.17) is 0 Å². The lowest BCUT2D eigenvalue weighted by Crippen LogP contribution is -2.27. The van der Waals surface area contributed by atoms with Crippen molar-refractivity contribution in [2.24, 2.45) is 7.05 Å². The largest absolute Gasteiger partial charge is 0.380 e. The third-order valence-corrected chi connectivity index (χ3v) is 3.29. The van der Waals surface area contributed by atoms with Crippen molar-refractivity contribution in [1.82, 2.24) is 9.78 Å². The van der Waals surface area contributed by atoms with Crippen LogP contribution in [0.5, 0.6) is 0 Å². The number of aryl methyl sites for hydroxylation is 1. The van der Waals surface area contributed by atoms with Gasteiger partial charge in [-0.05, 0) is 32.1 Å². The van der Waals surface area contributed by atoms with Crippen molar-refractivity contribution >= 4 is 5.69 Å². The van der Waals surface area contributed by atoms with E-state index in [2.05, 4.69) is 16.6 Å². The first-order chi connectivity index (χ1) is 6.83. The van der Waals surface area contributed by atoms with Crippen molar-refractivity contribution in [1.29, 1.82) is 0 Å². The predicted molar refractivity (Wildman–Crippen MR) is 56.4 cm³/mol. The summed E-state index contributed by atoms with van der Waals surface area (Å²) in [5, 5.41) is 8.14. The summed E-state index contributed by atoms with van der Waals surface area (Å²) >= 11 is 0. The van der Waals surface area contributed by atoms with Crippen molar-refractivity contribution in [3.8, 4) is 0 Å². The molecule has 1 aromatic rings. The maximum Gasteiger partial charge on any atom is 0.0886 e. The fraction of sp³-hybridized carbons (Fsp3) is 0.727. The number of hydrogen-bond acceptors (Lipinski definition) is 2. The van der Waals surface area contributed by atoms with Gasteiger partial charge in [-0.2, -0.15) is 5.10 Å². The molecule has 1 aromatic heterocycles. The molecule has 0 spiro atoms. The molecule has 2 aliphatic rings. The van der Waals surface area contributed by atoms with Crippen LogP contribution in [0.15, 0.2) is 6.20 Å². The highest BCUT2D eigenvalue weighted by atomic mass is 15.3. The van der Waals surface area contributed by atoms with Gasteiger partial charge in [-0.25, -0.2) is 0 Å². The van der Waals surface area contributed by atoms with E-state index < -0.39 is 0 Å². The van der Waals surface area contributed by atoms with Crippen LogP contribution in [0.3, 0.4) is 0 Å². The minimum absolute atomic E-state index is 0.719. The van der Waals surface area contributed by atoms with Crippen molar-refractivity contribution in [3.05, 3.63) is 11.9 Å². The lowest BCUT2D eigenvalue weighted by molar-refractivity contribution is 0.445. The molecule has 3 nitrogen and oxygen atoms in total. The van der Waals surface area contributed by atoms with Crippen LogP contribution in [-0.4, -0.2) is 15.8 Å². The molecule has 2 saturated carbocycles. The molecule has 14 heavy (non-hydrogen) atoms. The first kappa shape index (κ1) is 8.33. The molecule has 0 aliphatic heterocycles. The van der Waals surface area contributed by atoms with Crippen molar-refractivity contribution in [2.75, 3.05) is 5.32 Å². The molecule has 3 heteroatoms. The van der Waals surface area contributed by atoms with Gasteiger partial charge in [0.05, 0.1) is 11.4 Å². The number of anilines is 1. The van der Waals surface area contributed by atoms with Gasteiger partial charge in [0.2, 0.25) is 0 Å². The van der Waals surface area contributed by atoms with E-state index in [1.54, 1.807) is 0 Å². The summed E-state index contributed by atoms with van der Waals surface area (Å²) in [5.41, 5.74) is 2.60. The van der Waals surface area contributed by atoms with Gasteiger partial charge in [-0.1, -0.05) is 0 Å². The number of rotatable bonds is 3. The first-order valence-corrected chi connectivity index (χ1v) is 5.63. The van der Waals surface area contributed by atoms with Gasteiger partial charge in [-0.15, -0.1) is 0 Å². The Morgan fingerprint density at radius 1 is 1.36 bits per heavy atom. The van der Waals surface area contributed by atoms with E-state index in [0.29, 0.717) is 0 Å².